The highest BCUT2D eigenvalue weighted by Gasteiger charge is 2.13. The van der Waals surface area contributed by atoms with Crippen LogP contribution in [0.15, 0.2) is 47.6 Å². The number of anilines is 1. The van der Waals surface area contributed by atoms with E-state index in [4.69, 9.17) is 9.47 Å². The third kappa shape index (κ3) is 6.11. The molecule has 1 N–H and O–H groups in total. The Labute approximate surface area is 193 Å². The van der Waals surface area contributed by atoms with Crippen LogP contribution >= 0.6 is 34.4 Å². The van der Waals surface area contributed by atoms with Crippen molar-refractivity contribution in [1.29, 1.82) is 0 Å². The van der Waals surface area contributed by atoms with Gasteiger partial charge in [0.1, 0.15) is 6.61 Å². The van der Waals surface area contributed by atoms with Gasteiger partial charge in [-0.15, -0.1) is 10.2 Å². The first-order valence-corrected chi connectivity index (χ1v) is 11.5. The fourth-order valence-electron chi connectivity index (χ4n) is 2.60. The Morgan fingerprint density at radius 1 is 1.13 bits per heavy atom. The summed E-state index contributed by atoms with van der Waals surface area (Å²) in [6, 6.07) is 13.5. The van der Waals surface area contributed by atoms with Crippen LogP contribution in [0.25, 0.3) is 0 Å². The van der Waals surface area contributed by atoms with Crippen LogP contribution in [0, 0.1) is 10.5 Å². The summed E-state index contributed by atoms with van der Waals surface area (Å²) in [5, 5.41) is 11.9. The Kier molecular flexibility index (Phi) is 7.97. The number of carbonyl (C=O) groups is 1. The maximum atomic E-state index is 12.2. The summed E-state index contributed by atoms with van der Waals surface area (Å²) < 4.78 is 14.5. The second-order valence-corrected chi connectivity index (χ2v) is 8.66. The minimum Gasteiger partial charge on any atom is -0.490 e. The summed E-state index contributed by atoms with van der Waals surface area (Å²) in [6.07, 6.45) is 0. The predicted octanol–water partition coefficient (Wildman–Crippen LogP) is 4.44. The molecule has 0 saturated carbocycles. The van der Waals surface area contributed by atoms with Crippen LogP contribution in [0.5, 0.6) is 11.5 Å². The van der Waals surface area contributed by atoms with E-state index < -0.39 is 0 Å². The molecule has 0 aliphatic carbocycles. The number of aromatic nitrogens is 3. The Morgan fingerprint density at radius 3 is 2.63 bits per heavy atom. The smallest absolute Gasteiger partial charge is 0.234 e. The number of hydrogen-bond acceptors (Lipinski definition) is 6. The van der Waals surface area contributed by atoms with E-state index in [1.54, 1.807) is 0 Å². The molecule has 0 radical (unpaired) electrons. The first-order valence-electron chi connectivity index (χ1n) is 9.39. The molecule has 0 unspecified atom stereocenters. The van der Waals surface area contributed by atoms with E-state index in [2.05, 4.69) is 38.1 Å². The molecule has 0 aliphatic rings. The van der Waals surface area contributed by atoms with Crippen LogP contribution in [0.3, 0.4) is 0 Å². The van der Waals surface area contributed by atoms with Gasteiger partial charge in [0.15, 0.2) is 22.5 Å². The van der Waals surface area contributed by atoms with Gasteiger partial charge in [0.2, 0.25) is 5.91 Å². The fourth-order valence-corrected chi connectivity index (χ4v) is 3.69. The van der Waals surface area contributed by atoms with Crippen molar-refractivity contribution >= 4 is 45.9 Å². The zero-order valence-corrected chi connectivity index (χ0v) is 20.0. The highest BCUT2D eigenvalue weighted by molar-refractivity contribution is 14.1. The second-order valence-electron chi connectivity index (χ2n) is 6.47. The molecule has 158 valence electrons. The molecule has 0 fully saturated rings. The molecule has 0 bridgehead atoms. The molecular weight excluding hydrogens is 515 g/mol. The number of nitrogens with zero attached hydrogens (tertiary/aromatic N) is 3. The molecular formula is C21H23IN4O3S. The monoisotopic (exact) mass is 538 g/mol. The number of halogens is 1. The molecule has 2 aromatic carbocycles. The van der Waals surface area contributed by atoms with E-state index in [0.29, 0.717) is 29.1 Å². The summed E-state index contributed by atoms with van der Waals surface area (Å²) in [6.45, 7) is 4.76. The molecule has 1 aromatic heterocycles. The van der Waals surface area contributed by atoms with E-state index in [1.165, 1.54) is 11.8 Å². The molecule has 7 nitrogen and oxygen atoms in total. The van der Waals surface area contributed by atoms with Crippen molar-refractivity contribution in [3.8, 4) is 11.5 Å². The lowest BCUT2D eigenvalue weighted by atomic mass is 10.2. The van der Waals surface area contributed by atoms with E-state index in [1.807, 2.05) is 67.9 Å². The van der Waals surface area contributed by atoms with E-state index in [9.17, 15) is 4.79 Å². The minimum absolute atomic E-state index is 0.0944. The summed E-state index contributed by atoms with van der Waals surface area (Å²) in [5.41, 5.74) is 1.88. The van der Waals surface area contributed by atoms with Gasteiger partial charge in [0.25, 0.3) is 0 Å². The van der Waals surface area contributed by atoms with Crippen LogP contribution in [-0.4, -0.2) is 33.0 Å². The normalized spacial score (nSPS) is 10.7. The lowest BCUT2D eigenvalue weighted by Gasteiger charge is -2.12. The van der Waals surface area contributed by atoms with E-state index >= 15 is 0 Å². The van der Waals surface area contributed by atoms with Gasteiger partial charge in [-0.1, -0.05) is 17.8 Å². The predicted molar refractivity (Wildman–Crippen MR) is 126 cm³/mol. The van der Waals surface area contributed by atoms with Crippen LogP contribution < -0.4 is 14.8 Å². The number of carbonyl (C=O) groups excluding carboxylic acids is 1. The third-order valence-corrected chi connectivity index (χ3v) is 5.88. The molecule has 3 aromatic rings. The van der Waals surface area contributed by atoms with Crippen molar-refractivity contribution in [3.05, 3.63) is 57.4 Å². The van der Waals surface area contributed by atoms with Crippen LogP contribution in [-0.2, 0) is 18.4 Å². The van der Waals surface area contributed by atoms with Crippen LogP contribution in [0.1, 0.15) is 18.3 Å². The Hall–Kier alpha value is -2.27. The lowest BCUT2D eigenvalue weighted by molar-refractivity contribution is -0.113. The minimum atomic E-state index is -0.0944. The quantitative estimate of drug-likeness (QED) is 0.321. The van der Waals surface area contributed by atoms with Crippen LogP contribution in [0.2, 0.25) is 0 Å². The van der Waals surface area contributed by atoms with Gasteiger partial charge in [0, 0.05) is 16.3 Å². The van der Waals surface area contributed by atoms with Gasteiger partial charge in [0.05, 0.1) is 12.4 Å². The molecule has 1 heterocycles. The molecule has 3 rings (SSSR count). The average molecular weight is 538 g/mol. The maximum Gasteiger partial charge on any atom is 0.234 e. The number of rotatable bonds is 9. The highest BCUT2D eigenvalue weighted by Crippen LogP contribution is 2.29. The van der Waals surface area contributed by atoms with E-state index in [0.717, 1.165) is 14.8 Å². The van der Waals surface area contributed by atoms with Crippen molar-refractivity contribution in [2.45, 2.75) is 25.6 Å². The van der Waals surface area contributed by atoms with E-state index in [-0.39, 0.29) is 18.3 Å². The Balaban J connectivity index is 1.55. The first-order chi connectivity index (χ1) is 14.5. The first kappa shape index (κ1) is 22.4. The van der Waals surface area contributed by atoms with Crippen molar-refractivity contribution < 1.29 is 14.3 Å². The number of hydrogen-bond donors (Lipinski definition) is 1. The van der Waals surface area contributed by atoms with Crippen LogP contribution in [0.4, 0.5) is 5.69 Å². The van der Waals surface area contributed by atoms with Gasteiger partial charge >= 0.3 is 0 Å². The molecule has 9 heteroatoms. The van der Waals surface area contributed by atoms with Gasteiger partial charge in [-0.25, -0.2) is 0 Å². The fraction of sp³-hybridized carbons (Fsp3) is 0.286. The molecule has 0 atom stereocenters. The number of thioether (sulfide) groups is 1. The molecule has 0 aliphatic heterocycles. The average Bonchev–Trinajstić information content (AvgIpc) is 3.07. The zero-order valence-electron chi connectivity index (χ0n) is 17.0. The summed E-state index contributed by atoms with van der Waals surface area (Å²) >= 11 is 3.55. The topological polar surface area (TPSA) is 78.3 Å². The van der Waals surface area contributed by atoms with Crippen molar-refractivity contribution in [1.82, 2.24) is 14.8 Å². The summed E-state index contributed by atoms with van der Waals surface area (Å²) in [5.74, 6) is 2.19. The standard InChI is InChI=1S/C21H23IN4O3S/c1-4-28-18-11-14(2)5-10-17(18)29-12-19-24-25-21(26(19)3)30-13-20(27)23-16-8-6-15(22)7-9-16/h5-11H,4,12-13H2,1-3H3,(H,23,27). The number of aryl methyl sites for hydroxylation is 1. The zero-order chi connectivity index (χ0) is 21.5. The number of amides is 1. The Morgan fingerprint density at radius 2 is 1.90 bits per heavy atom. The van der Waals surface area contributed by atoms with Gasteiger partial charge < -0.3 is 19.4 Å². The highest BCUT2D eigenvalue weighted by atomic mass is 127. The summed E-state index contributed by atoms with van der Waals surface area (Å²) in [7, 11) is 1.86. The molecule has 0 saturated heterocycles. The second kappa shape index (κ2) is 10.7. The van der Waals surface area contributed by atoms with Crippen molar-refractivity contribution in [2.24, 2.45) is 7.05 Å². The lowest BCUT2D eigenvalue weighted by Crippen LogP contribution is -2.14. The van der Waals surface area contributed by atoms with Gasteiger partial charge in [-0.2, -0.15) is 0 Å². The molecule has 1 amide bonds. The summed E-state index contributed by atoms with van der Waals surface area (Å²) in [4.78, 5) is 12.2. The maximum absolute atomic E-state index is 12.2. The Bertz CT molecular complexity index is 1010. The third-order valence-electron chi connectivity index (χ3n) is 4.14. The van der Waals surface area contributed by atoms with Gasteiger partial charge in [-0.05, 0) is 78.4 Å². The molecule has 0 spiro atoms. The number of benzene rings is 2. The largest absolute Gasteiger partial charge is 0.490 e. The van der Waals surface area contributed by atoms with Crippen molar-refractivity contribution in [2.75, 3.05) is 17.7 Å². The number of nitrogens with one attached hydrogen (secondary N) is 1. The molecule has 30 heavy (non-hydrogen) atoms. The van der Waals surface area contributed by atoms with Crippen molar-refractivity contribution in [3.63, 3.8) is 0 Å². The number of ether oxygens (including phenoxy) is 2. The SMILES string of the molecule is CCOc1cc(C)ccc1OCc1nnc(SCC(=O)Nc2ccc(I)cc2)n1C. The van der Waals surface area contributed by atoms with Gasteiger partial charge in [-0.3, -0.25) is 4.79 Å².